The maximum absolute atomic E-state index is 11.9. The van der Waals surface area contributed by atoms with Gasteiger partial charge in [-0.25, -0.2) is 4.79 Å². The quantitative estimate of drug-likeness (QED) is 0.609. The molecule has 5 heteroatoms. The molecule has 132 valence electrons. The average Bonchev–Trinajstić information content (AvgIpc) is 2.57. The van der Waals surface area contributed by atoms with E-state index in [0.29, 0.717) is 17.3 Å². The van der Waals surface area contributed by atoms with Gasteiger partial charge in [0.25, 0.3) is 0 Å². The molecule has 0 bridgehead atoms. The van der Waals surface area contributed by atoms with Crippen LogP contribution in [0.5, 0.6) is 0 Å². The van der Waals surface area contributed by atoms with Crippen LogP contribution in [0.4, 0.5) is 5.69 Å². The predicted octanol–water partition coefficient (Wildman–Crippen LogP) is 4.53. The molecule has 0 radical (unpaired) electrons. The van der Waals surface area contributed by atoms with Crippen molar-refractivity contribution >= 4 is 29.0 Å². The fourth-order valence-corrected chi connectivity index (χ4v) is 2.68. The summed E-state index contributed by atoms with van der Waals surface area (Å²) < 4.78 is 5.04. The van der Waals surface area contributed by atoms with Gasteiger partial charge >= 0.3 is 5.97 Å². The molecule has 2 aromatic rings. The molecule has 2 aromatic carbocycles. The molecule has 1 unspecified atom stereocenters. The van der Waals surface area contributed by atoms with E-state index in [2.05, 4.69) is 48.7 Å². The fourth-order valence-electron chi connectivity index (χ4n) is 2.39. The number of carbonyl (C=O) groups is 1. The predicted molar refractivity (Wildman–Crippen MR) is 106 cm³/mol. The Morgan fingerprint density at radius 1 is 1.16 bits per heavy atom. The van der Waals surface area contributed by atoms with Gasteiger partial charge in [0.05, 0.1) is 18.2 Å². The second-order valence-corrected chi connectivity index (χ2v) is 6.39. The van der Waals surface area contributed by atoms with E-state index in [9.17, 15) is 4.79 Å². The Kier molecular flexibility index (Phi) is 6.53. The Bertz CT molecular complexity index is 757. The van der Waals surface area contributed by atoms with Gasteiger partial charge in [0.1, 0.15) is 0 Å². The number of aryl methyl sites for hydroxylation is 2. The van der Waals surface area contributed by atoms with Crippen molar-refractivity contribution in [2.75, 3.05) is 11.9 Å². The zero-order chi connectivity index (χ0) is 18.4. The Labute approximate surface area is 154 Å². The topological polar surface area (TPSA) is 50.4 Å². The first-order valence-corrected chi connectivity index (χ1v) is 8.73. The van der Waals surface area contributed by atoms with Crippen LogP contribution in [0.15, 0.2) is 42.5 Å². The molecule has 1 atom stereocenters. The Morgan fingerprint density at radius 2 is 1.84 bits per heavy atom. The lowest BCUT2D eigenvalue weighted by Crippen LogP contribution is -2.31. The van der Waals surface area contributed by atoms with Gasteiger partial charge in [-0.2, -0.15) is 0 Å². The summed E-state index contributed by atoms with van der Waals surface area (Å²) in [4.78, 5) is 11.9. The van der Waals surface area contributed by atoms with Crippen molar-refractivity contribution in [3.8, 4) is 0 Å². The zero-order valence-corrected chi connectivity index (χ0v) is 15.9. The number of hydrogen-bond donors (Lipinski definition) is 2. The number of ether oxygens (including phenoxy) is 1. The van der Waals surface area contributed by atoms with Crippen LogP contribution < -0.4 is 10.6 Å². The Hall–Kier alpha value is -2.40. The van der Waals surface area contributed by atoms with Gasteiger partial charge in [-0.05, 0) is 63.2 Å². The van der Waals surface area contributed by atoms with E-state index >= 15 is 0 Å². The molecular formula is C20H24N2O2S. The summed E-state index contributed by atoms with van der Waals surface area (Å²) in [6.07, 6.45) is 0. The first-order valence-electron chi connectivity index (χ1n) is 8.32. The van der Waals surface area contributed by atoms with Gasteiger partial charge in [-0.3, -0.25) is 0 Å². The van der Waals surface area contributed by atoms with Crippen LogP contribution in [0.1, 0.15) is 46.9 Å². The van der Waals surface area contributed by atoms with E-state index in [1.54, 1.807) is 19.1 Å². The van der Waals surface area contributed by atoms with Crippen molar-refractivity contribution in [3.05, 3.63) is 64.7 Å². The summed E-state index contributed by atoms with van der Waals surface area (Å²) in [5, 5.41) is 6.95. The number of nitrogens with one attached hydrogen (secondary N) is 2. The summed E-state index contributed by atoms with van der Waals surface area (Å²) in [7, 11) is 0. The van der Waals surface area contributed by atoms with Crippen LogP contribution in [0.25, 0.3) is 0 Å². The largest absolute Gasteiger partial charge is 0.462 e. The van der Waals surface area contributed by atoms with E-state index in [1.807, 2.05) is 13.0 Å². The number of benzene rings is 2. The number of anilines is 1. The molecule has 0 aliphatic heterocycles. The monoisotopic (exact) mass is 356 g/mol. The lowest BCUT2D eigenvalue weighted by Gasteiger charge is -2.19. The standard InChI is InChI=1S/C20H24N2O2S/c1-5-24-19(23)17-11-8-14(3)18(12-17)22-20(25)21-15(4)16-9-6-13(2)7-10-16/h6-12,15H,5H2,1-4H3,(H2,21,22,25). The summed E-state index contributed by atoms with van der Waals surface area (Å²) in [5.74, 6) is -0.336. The molecule has 0 heterocycles. The van der Waals surface area contributed by atoms with Crippen LogP contribution in [-0.2, 0) is 4.74 Å². The van der Waals surface area contributed by atoms with Crippen molar-refractivity contribution in [1.29, 1.82) is 0 Å². The molecular weight excluding hydrogens is 332 g/mol. The Balaban J connectivity index is 2.05. The maximum atomic E-state index is 11.9. The summed E-state index contributed by atoms with van der Waals surface area (Å²) in [5.41, 5.74) is 4.68. The summed E-state index contributed by atoms with van der Waals surface area (Å²) in [6.45, 7) is 8.22. The van der Waals surface area contributed by atoms with Crippen LogP contribution in [0.2, 0.25) is 0 Å². The number of thiocarbonyl (C=S) groups is 1. The maximum Gasteiger partial charge on any atom is 0.338 e. The molecule has 2 N–H and O–H groups in total. The molecule has 0 aromatic heterocycles. The highest BCUT2D eigenvalue weighted by Gasteiger charge is 2.11. The van der Waals surface area contributed by atoms with Gasteiger partial charge in [-0.15, -0.1) is 0 Å². The van der Waals surface area contributed by atoms with E-state index in [0.717, 1.165) is 16.8 Å². The molecule has 25 heavy (non-hydrogen) atoms. The number of rotatable bonds is 5. The molecule has 0 amide bonds. The minimum atomic E-state index is -0.336. The molecule has 0 aliphatic rings. The van der Waals surface area contributed by atoms with Gasteiger partial charge < -0.3 is 15.4 Å². The molecule has 2 rings (SSSR count). The van der Waals surface area contributed by atoms with Crippen molar-refractivity contribution < 1.29 is 9.53 Å². The van der Waals surface area contributed by atoms with Crippen molar-refractivity contribution in [3.63, 3.8) is 0 Å². The third-order valence-electron chi connectivity index (χ3n) is 3.92. The van der Waals surface area contributed by atoms with E-state index in [1.165, 1.54) is 5.56 Å². The van der Waals surface area contributed by atoms with Gasteiger partial charge in [0.2, 0.25) is 0 Å². The average molecular weight is 356 g/mol. The highest BCUT2D eigenvalue weighted by Crippen LogP contribution is 2.19. The number of hydrogen-bond acceptors (Lipinski definition) is 3. The minimum absolute atomic E-state index is 0.0779. The van der Waals surface area contributed by atoms with E-state index in [-0.39, 0.29) is 12.0 Å². The fraction of sp³-hybridized carbons (Fsp3) is 0.300. The molecule has 4 nitrogen and oxygen atoms in total. The SMILES string of the molecule is CCOC(=O)c1ccc(C)c(NC(=S)NC(C)c2ccc(C)cc2)c1. The van der Waals surface area contributed by atoms with Crippen LogP contribution >= 0.6 is 12.2 Å². The van der Waals surface area contributed by atoms with Crippen LogP contribution in [0, 0.1) is 13.8 Å². The van der Waals surface area contributed by atoms with Crippen molar-refractivity contribution in [1.82, 2.24) is 5.32 Å². The zero-order valence-electron chi connectivity index (χ0n) is 15.1. The first-order chi connectivity index (χ1) is 11.9. The third-order valence-corrected chi connectivity index (χ3v) is 4.14. The lowest BCUT2D eigenvalue weighted by molar-refractivity contribution is 0.0526. The van der Waals surface area contributed by atoms with Crippen molar-refractivity contribution in [2.24, 2.45) is 0 Å². The summed E-state index contributed by atoms with van der Waals surface area (Å²) in [6, 6.07) is 13.8. The van der Waals surface area contributed by atoms with Crippen LogP contribution in [0.3, 0.4) is 0 Å². The summed E-state index contributed by atoms with van der Waals surface area (Å²) >= 11 is 5.42. The Morgan fingerprint density at radius 3 is 2.48 bits per heavy atom. The second-order valence-electron chi connectivity index (χ2n) is 5.98. The molecule has 0 spiro atoms. The lowest BCUT2D eigenvalue weighted by atomic mass is 10.1. The van der Waals surface area contributed by atoms with Gasteiger partial charge in [0, 0.05) is 5.69 Å². The normalized spacial score (nSPS) is 11.5. The van der Waals surface area contributed by atoms with E-state index < -0.39 is 0 Å². The third kappa shape index (κ3) is 5.29. The van der Waals surface area contributed by atoms with Crippen molar-refractivity contribution in [2.45, 2.75) is 33.7 Å². The molecule has 0 saturated heterocycles. The number of carbonyl (C=O) groups excluding carboxylic acids is 1. The highest BCUT2D eigenvalue weighted by molar-refractivity contribution is 7.80. The molecule has 0 aliphatic carbocycles. The van der Waals surface area contributed by atoms with Crippen LogP contribution in [-0.4, -0.2) is 17.7 Å². The smallest absolute Gasteiger partial charge is 0.338 e. The van der Waals surface area contributed by atoms with Gasteiger partial charge in [-0.1, -0.05) is 35.9 Å². The first kappa shape index (κ1) is 18.9. The highest BCUT2D eigenvalue weighted by atomic mass is 32.1. The molecule has 0 fully saturated rings. The van der Waals surface area contributed by atoms with E-state index in [4.69, 9.17) is 17.0 Å². The second kappa shape index (κ2) is 8.62. The number of esters is 1. The molecule has 0 saturated carbocycles. The van der Waals surface area contributed by atoms with Gasteiger partial charge in [0.15, 0.2) is 5.11 Å². The minimum Gasteiger partial charge on any atom is -0.462 e.